The van der Waals surface area contributed by atoms with Crippen molar-refractivity contribution in [3.8, 4) is 17.6 Å². The second kappa shape index (κ2) is 4.76. The monoisotopic (exact) mass is 239 g/mol. The number of nitrogens with zero attached hydrogens (tertiary/aromatic N) is 2. The summed E-state index contributed by atoms with van der Waals surface area (Å²) in [7, 11) is 0. The number of nitriles is 1. The van der Waals surface area contributed by atoms with Crippen LogP contribution in [0, 0.1) is 25.2 Å². The van der Waals surface area contributed by atoms with Crippen LogP contribution >= 0.6 is 0 Å². The SMILES string of the molecule is Cc1cc(Oc2ccc(C#N)nc2)c(C)cc1N. The van der Waals surface area contributed by atoms with E-state index in [0.717, 1.165) is 22.6 Å². The van der Waals surface area contributed by atoms with Gasteiger partial charge in [0, 0.05) is 5.69 Å². The maximum Gasteiger partial charge on any atom is 0.145 e. The quantitative estimate of drug-likeness (QED) is 0.818. The Morgan fingerprint density at radius 1 is 1.22 bits per heavy atom. The summed E-state index contributed by atoms with van der Waals surface area (Å²) in [6.07, 6.45) is 1.53. The van der Waals surface area contributed by atoms with E-state index in [2.05, 4.69) is 4.98 Å². The number of rotatable bonds is 2. The lowest BCUT2D eigenvalue weighted by Gasteiger charge is -2.10. The molecule has 0 spiro atoms. The van der Waals surface area contributed by atoms with Crippen LogP contribution in [0.1, 0.15) is 16.8 Å². The van der Waals surface area contributed by atoms with Crippen LogP contribution < -0.4 is 10.5 Å². The van der Waals surface area contributed by atoms with Crippen LogP contribution in [0.15, 0.2) is 30.5 Å². The summed E-state index contributed by atoms with van der Waals surface area (Å²) in [4.78, 5) is 3.95. The lowest BCUT2D eigenvalue weighted by molar-refractivity contribution is 0.476. The van der Waals surface area contributed by atoms with Gasteiger partial charge in [-0.1, -0.05) is 0 Å². The molecule has 0 bridgehead atoms. The summed E-state index contributed by atoms with van der Waals surface area (Å²) in [6.45, 7) is 3.86. The summed E-state index contributed by atoms with van der Waals surface area (Å²) in [5, 5.41) is 8.66. The number of benzene rings is 1. The first-order valence-corrected chi connectivity index (χ1v) is 5.51. The fraction of sp³-hybridized carbons (Fsp3) is 0.143. The third-order valence-electron chi connectivity index (χ3n) is 2.64. The number of nitrogen functional groups attached to an aromatic ring is 1. The normalized spacial score (nSPS) is 9.83. The van der Waals surface area contributed by atoms with Crippen LogP contribution in [-0.4, -0.2) is 4.98 Å². The molecule has 0 fully saturated rings. The molecule has 0 amide bonds. The van der Waals surface area contributed by atoms with Gasteiger partial charge >= 0.3 is 0 Å². The number of aryl methyl sites for hydroxylation is 2. The molecule has 0 unspecified atom stereocenters. The molecule has 0 radical (unpaired) electrons. The van der Waals surface area contributed by atoms with Gasteiger partial charge in [-0.25, -0.2) is 4.98 Å². The van der Waals surface area contributed by atoms with Crippen LogP contribution in [-0.2, 0) is 0 Å². The molecule has 18 heavy (non-hydrogen) atoms. The molecule has 4 nitrogen and oxygen atoms in total. The van der Waals surface area contributed by atoms with Gasteiger partial charge in [0.1, 0.15) is 23.3 Å². The van der Waals surface area contributed by atoms with Crippen molar-refractivity contribution in [1.29, 1.82) is 5.26 Å². The van der Waals surface area contributed by atoms with E-state index in [-0.39, 0.29) is 0 Å². The molecule has 0 aliphatic rings. The number of nitrogens with two attached hydrogens (primary N) is 1. The van der Waals surface area contributed by atoms with E-state index < -0.39 is 0 Å². The van der Waals surface area contributed by atoms with E-state index in [4.69, 9.17) is 15.7 Å². The highest BCUT2D eigenvalue weighted by molar-refractivity contribution is 5.54. The number of hydrogen-bond acceptors (Lipinski definition) is 4. The fourth-order valence-corrected chi connectivity index (χ4v) is 1.56. The maximum absolute atomic E-state index is 8.66. The van der Waals surface area contributed by atoms with Gasteiger partial charge in [0.25, 0.3) is 0 Å². The minimum Gasteiger partial charge on any atom is -0.455 e. The molecule has 4 heteroatoms. The van der Waals surface area contributed by atoms with Crippen molar-refractivity contribution in [2.75, 3.05) is 5.73 Å². The largest absolute Gasteiger partial charge is 0.455 e. The van der Waals surface area contributed by atoms with Gasteiger partial charge in [0.05, 0.1) is 6.20 Å². The standard InChI is InChI=1S/C14H13N3O/c1-9-6-14(10(2)5-13(9)16)18-12-4-3-11(7-15)17-8-12/h3-6,8H,16H2,1-2H3. The Kier molecular flexibility index (Phi) is 3.16. The molecular formula is C14H13N3O. The van der Waals surface area contributed by atoms with E-state index in [1.807, 2.05) is 32.0 Å². The van der Waals surface area contributed by atoms with Crippen molar-refractivity contribution in [1.82, 2.24) is 4.98 Å². The second-order valence-corrected chi connectivity index (χ2v) is 4.07. The van der Waals surface area contributed by atoms with Gasteiger partial charge in [0.2, 0.25) is 0 Å². The Balaban J connectivity index is 2.28. The van der Waals surface area contributed by atoms with Gasteiger partial charge in [-0.15, -0.1) is 0 Å². The minimum atomic E-state index is 0.368. The van der Waals surface area contributed by atoms with Crippen molar-refractivity contribution < 1.29 is 4.74 Å². The average Bonchev–Trinajstić information content (AvgIpc) is 2.37. The molecule has 0 atom stereocenters. The van der Waals surface area contributed by atoms with Crippen LogP contribution in [0.25, 0.3) is 0 Å². The van der Waals surface area contributed by atoms with E-state index >= 15 is 0 Å². The molecule has 2 aromatic rings. The Hall–Kier alpha value is -2.54. The number of pyridine rings is 1. The molecule has 90 valence electrons. The smallest absolute Gasteiger partial charge is 0.145 e. The summed E-state index contributed by atoms with van der Waals surface area (Å²) < 4.78 is 5.72. The van der Waals surface area contributed by atoms with Crippen molar-refractivity contribution in [2.24, 2.45) is 0 Å². The highest BCUT2D eigenvalue weighted by Gasteiger charge is 2.05. The van der Waals surface area contributed by atoms with E-state index in [9.17, 15) is 0 Å². The summed E-state index contributed by atoms with van der Waals surface area (Å²) in [6, 6.07) is 9.07. The third kappa shape index (κ3) is 2.41. The first-order valence-electron chi connectivity index (χ1n) is 5.51. The highest BCUT2D eigenvalue weighted by Crippen LogP contribution is 2.28. The Morgan fingerprint density at radius 2 is 2.00 bits per heavy atom. The highest BCUT2D eigenvalue weighted by atomic mass is 16.5. The predicted molar refractivity (Wildman–Crippen MR) is 69.4 cm³/mol. The summed E-state index contributed by atoms with van der Waals surface area (Å²) in [5.41, 5.74) is 8.86. The minimum absolute atomic E-state index is 0.368. The molecule has 0 aliphatic heterocycles. The van der Waals surface area contributed by atoms with Crippen LogP contribution in [0.3, 0.4) is 0 Å². The predicted octanol–water partition coefficient (Wildman–Crippen LogP) is 2.94. The molecule has 2 N–H and O–H groups in total. The van der Waals surface area contributed by atoms with Gasteiger partial charge < -0.3 is 10.5 Å². The molecule has 0 aliphatic carbocycles. The third-order valence-corrected chi connectivity index (χ3v) is 2.64. The van der Waals surface area contributed by atoms with Gasteiger partial charge in [-0.2, -0.15) is 5.26 Å². The second-order valence-electron chi connectivity index (χ2n) is 4.07. The van der Waals surface area contributed by atoms with Crippen molar-refractivity contribution in [2.45, 2.75) is 13.8 Å². The van der Waals surface area contributed by atoms with Crippen molar-refractivity contribution in [3.05, 3.63) is 47.3 Å². The lowest BCUT2D eigenvalue weighted by Crippen LogP contribution is -1.94. The molecule has 1 aromatic carbocycles. The maximum atomic E-state index is 8.66. The van der Waals surface area contributed by atoms with Crippen molar-refractivity contribution in [3.63, 3.8) is 0 Å². The Morgan fingerprint density at radius 3 is 2.61 bits per heavy atom. The number of ether oxygens (including phenoxy) is 1. The van der Waals surface area contributed by atoms with E-state index in [1.165, 1.54) is 6.20 Å². The van der Waals surface area contributed by atoms with Crippen molar-refractivity contribution >= 4 is 5.69 Å². The summed E-state index contributed by atoms with van der Waals surface area (Å²) >= 11 is 0. The van der Waals surface area contributed by atoms with Crippen LogP contribution in [0.4, 0.5) is 5.69 Å². The molecule has 1 aromatic heterocycles. The molecular weight excluding hydrogens is 226 g/mol. The number of anilines is 1. The van der Waals surface area contributed by atoms with E-state index in [0.29, 0.717) is 11.4 Å². The number of aromatic nitrogens is 1. The topological polar surface area (TPSA) is 71.9 Å². The van der Waals surface area contributed by atoms with Gasteiger partial charge in [-0.3, -0.25) is 0 Å². The van der Waals surface area contributed by atoms with Gasteiger partial charge in [0.15, 0.2) is 0 Å². The zero-order chi connectivity index (χ0) is 13.1. The molecule has 0 saturated carbocycles. The number of hydrogen-bond donors (Lipinski definition) is 1. The first kappa shape index (κ1) is 11.9. The van der Waals surface area contributed by atoms with E-state index in [1.54, 1.807) is 12.1 Å². The average molecular weight is 239 g/mol. The van der Waals surface area contributed by atoms with Gasteiger partial charge in [-0.05, 0) is 49.2 Å². The molecule has 1 heterocycles. The van der Waals surface area contributed by atoms with Crippen LogP contribution in [0.2, 0.25) is 0 Å². The first-order chi connectivity index (χ1) is 8.60. The van der Waals surface area contributed by atoms with Crippen LogP contribution in [0.5, 0.6) is 11.5 Å². The Labute approximate surface area is 106 Å². The summed E-state index contributed by atoms with van der Waals surface area (Å²) in [5.74, 6) is 1.34. The molecule has 2 rings (SSSR count). The zero-order valence-electron chi connectivity index (χ0n) is 10.3. The molecule has 0 saturated heterocycles. The zero-order valence-corrected chi connectivity index (χ0v) is 10.3. The Bertz CT molecular complexity index is 612. The lowest BCUT2D eigenvalue weighted by atomic mass is 10.1. The fourth-order valence-electron chi connectivity index (χ4n) is 1.56.